The number of nitrogens with zero attached hydrogens (tertiary/aromatic N) is 1. The average molecular weight is 236 g/mol. The topological polar surface area (TPSA) is 42.4 Å². The first-order valence-electron chi connectivity index (χ1n) is 6.77. The maximum Gasteiger partial charge on any atom is 0.118 e. The van der Waals surface area contributed by atoms with Gasteiger partial charge in [-0.25, -0.2) is 0 Å². The molecule has 0 unspecified atom stereocenters. The third-order valence-corrected chi connectivity index (χ3v) is 3.51. The van der Waals surface area contributed by atoms with E-state index in [0.717, 1.165) is 29.7 Å². The van der Waals surface area contributed by atoms with Crippen LogP contribution in [0.3, 0.4) is 0 Å². The van der Waals surface area contributed by atoms with Gasteiger partial charge in [0.15, 0.2) is 0 Å². The van der Waals surface area contributed by atoms with Gasteiger partial charge in [-0.3, -0.25) is 4.90 Å². The molecular formula is C14H24N2O. The van der Waals surface area contributed by atoms with E-state index in [4.69, 9.17) is 10.2 Å². The number of furan rings is 1. The molecule has 0 aromatic carbocycles. The largest absolute Gasteiger partial charge is 0.465 e. The first-order chi connectivity index (χ1) is 8.24. The quantitative estimate of drug-likeness (QED) is 0.791. The standard InChI is InChI=1S/C14H24N2O/c1-3-4-7-16(13-5-6-13)10-14-8-12(9-15)11(2)17-14/h8,13H,3-7,9-10,15H2,1-2H3. The molecule has 0 spiro atoms. The smallest absolute Gasteiger partial charge is 0.118 e. The third-order valence-electron chi connectivity index (χ3n) is 3.51. The molecule has 0 radical (unpaired) electrons. The fourth-order valence-corrected chi connectivity index (χ4v) is 2.26. The predicted octanol–water partition coefficient (Wildman–Crippen LogP) is 2.81. The van der Waals surface area contributed by atoms with Crippen molar-refractivity contribution in [3.05, 3.63) is 23.2 Å². The maximum atomic E-state index is 5.77. The van der Waals surface area contributed by atoms with Gasteiger partial charge in [-0.1, -0.05) is 13.3 Å². The van der Waals surface area contributed by atoms with Gasteiger partial charge in [-0.2, -0.15) is 0 Å². The molecule has 1 aromatic heterocycles. The van der Waals surface area contributed by atoms with Gasteiger partial charge in [0.2, 0.25) is 0 Å². The molecule has 0 saturated heterocycles. The molecule has 1 aliphatic carbocycles. The van der Waals surface area contributed by atoms with Crippen LogP contribution >= 0.6 is 0 Å². The van der Waals surface area contributed by atoms with Crippen molar-refractivity contribution in [2.75, 3.05) is 6.54 Å². The minimum Gasteiger partial charge on any atom is -0.465 e. The molecule has 17 heavy (non-hydrogen) atoms. The van der Waals surface area contributed by atoms with Gasteiger partial charge in [0, 0.05) is 18.2 Å². The highest BCUT2D eigenvalue weighted by Gasteiger charge is 2.29. The summed E-state index contributed by atoms with van der Waals surface area (Å²) >= 11 is 0. The van der Waals surface area contributed by atoms with Crippen molar-refractivity contribution in [3.63, 3.8) is 0 Å². The lowest BCUT2D eigenvalue weighted by Gasteiger charge is -2.20. The summed E-state index contributed by atoms with van der Waals surface area (Å²) in [5.41, 5.74) is 6.82. The van der Waals surface area contributed by atoms with E-state index in [1.807, 2.05) is 6.92 Å². The lowest BCUT2D eigenvalue weighted by Crippen LogP contribution is -2.26. The minimum absolute atomic E-state index is 0.577. The molecule has 0 atom stereocenters. The Morgan fingerprint density at radius 3 is 2.76 bits per heavy atom. The lowest BCUT2D eigenvalue weighted by atomic mass is 10.2. The summed E-state index contributed by atoms with van der Waals surface area (Å²) in [4.78, 5) is 2.56. The van der Waals surface area contributed by atoms with Gasteiger partial charge in [-0.05, 0) is 38.8 Å². The van der Waals surface area contributed by atoms with Crippen LogP contribution in [-0.2, 0) is 13.1 Å². The van der Waals surface area contributed by atoms with Gasteiger partial charge in [0.25, 0.3) is 0 Å². The van der Waals surface area contributed by atoms with Crippen LogP contribution < -0.4 is 5.73 Å². The molecule has 1 aromatic rings. The maximum absolute atomic E-state index is 5.77. The van der Waals surface area contributed by atoms with Crippen molar-refractivity contribution >= 4 is 0 Å². The molecule has 0 amide bonds. The van der Waals surface area contributed by atoms with Crippen molar-refractivity contribution in [1.29, 1.82) is 0 Å². The molecule has 3 nitrogen and oxygen atoms in total. The zero-order valence-corrected chi connectivity index (χ0v) is 11.0. The Labute approximate surface area is 104 Å². The Morgan fingerprint density at radius 1 is 1.47 bits per heavy atom. The molecule has 1 saturated carbocycles. The predicted molar refractivity (Wildman–Crippen MR) is 69.7 cm³/mol. The number of nitrogens with two attached hydrogens (primary N) is 1. The number of hydrogen-bond acceptors (Lipinski definition) is 3. The number of hydrogen-bond donors (Lipinski definition) is 1. The van der Waals surface area contributed by atoms with Gasteiger partial charge in [0.1, 0.15) is 11.5 Å². The number of aryl methyl sites for hydroxylation is 1. The lowest BCUT2D eigenvalue weighted by molar-refractivity contribution is 0.229. The van der Waals surface area contributed by atoms with E-state index in [-0.39, 0.29) is 0 Å². The van der Waals surface area contributed by atoms with E-state index in [1.165, 1.54) is 32.2 Å². The van der Waals surface area contributed by atoms with Crippen molar-refractivity contribution in [3.8, 4) is 0 Å². The molecule has 1 aliphatic rings. The van der Waals surface area contributed by atoms with Crippen LogP contribution in [0.2, 0.25) is 0 Å². The Hall–Kier alpha value is -0.800. The van der Waals surface area contributed by atoms with E-state index in [0.29, 0.717) is 6.54 Å². The molecule has 2 rings (SSSR count). The Morgan fingerprint density at radius 2 is 2.24 bits per heavy atom. The summed E-state index contributed by atoms with van der Waals surface area (Å²) in [6, 6.07) is 2.92. The molecule has 3 heteroatoms. The highest BCUT2D eigenvalue weighted by Crippen LogP contribution is 2.29. The fraction of sp³-hybridized carbons (Fsp3) is 0.714. The molecule has 2 N–H and O–H groups in total. The third kappa shape index (κ3) is 3.33. The molecule has 96 valence electrons. The van der Waals surface area contributed by atoms with Crippen LogP contribution in [-0.4, -0.2) is 17.5 Å². The minimum atomic E-state index is 0.577. The van der Waals surface area contributed by atoms with Gasteiger partial charge >= 0.3 is 0 Å². The highest BCUT2D eigenvalue weighted by atomic mass is 16.3. The second-order valence-corrected chi connectivity index (χ2v) is 5.05. The summed E-state index contributed by atoms with van der Waals surface area (Å²) in [6.45, 7) is 6.96. The van der Waals surface area contributed by atoms with E-state index in [9.17, 15) is 0 Å². The van der Waals surface area contributed by atoms with Gasteiger partial charge in [0.05, 0.1) is 6.54 Å². The van der Waals surface area contributed by atoms with Crippen LogP contribution in [0, 0.1) is 6.92 Å². The molecule has 1 heterocycles. The van der Waals surface area contributed by atoms with Crippen LogP contribution in [0.4, 0.5) is 0 Å². The van der Waals surface area contributed by atoms with Crippen LogP contribution in [0.1, 0.15) is 49.7 Å². The van der Waals surface area contributed by atoms with Gasteiger partial charge < -0.3 is 10.2 Å². The second kappa shape index (κ2) is 5.69. The van der Waals surface area contributed by atoms with Gasteiger partial charge in [-0.15, -0.1) is 0 Å². The summed E-state index contributed by atoms with van der Waals surface area (Å²) in [5.74, 6) is 2.06. The molecule has 0 bridgehead atoms. The van der Waals surface area contributed by atoms with Crippen LogP contribution in [0.15, 0.2) is 10.5 Å². The number of unbranched alkanes of at least 4 members (excludes halogenated alkanes) is 1. The number of rotatable bonds is 7. The van der Waals surface area contributed by atoms with Crippen molar-refractivity contribution in [2.24, 2.45) is 5.73 Å². The van der Waals surface area contributed by atoms with E-state index in [2.05, 4.69) is 17.9 Å². The summed E-state index contributed by atoms with van der Waals surface area (Å²) in [7, 11) is 0. The zero-order valence-electron chi connectivity index (χ0n) is 11.0. The molecule has 1 fully saturated rings. The zero-order chi connectivity index (χ0) is 12.3. The van der Waals surface area contributed by atoms with Crippen molar-refractivity contribution < 1.29 is 4.42 Å². The van der Waals surface area contributed by atoms with E-state index in [1.54, 1.807) is 0 Å². The summed E-state index contributed by atoms with van der Waals surface area (Å²) in [5, 5.41) is 0. The summed E-state index contributed by atoms with van der Waals surface area (Å²) in [6.07, 6.45) is 5.24. The van der Waals surface area contributed by atoms with Crippen molar-refractivity contribution in [1.82, 2.24) is 4.90 Å². The molecular weight excluding hydrogens is 212 g/mol. The second-order valence-electron chi connectivity index (χ2n) is 5.05. The van der Waals surface area contributed by atoms with E-state index < -0.39 is 0 Å². The first kappa shape index (κ1) is 12.7. The first-order valence-corrected chi connectivity index (χ1v) is 6.77. The average Bonchev–Trinajstić information content (AvgIpc) is 3.09. The summed E-state index contributed by atoms with van der Waals surface area (Å²) < 4.78 is 5.77. The normalized spacial score (nSPS) is 15.8. The van der Waals surface area contributed by atoms with Crippen LogP contribution in [0.25, 0.3) is 0 Å². The fourth-order valence-electron chi connectivity index (χ4n) is 2.26. The van der Waals surface area contributed by atoms with Crippen LogP contribution in [0.5, 0.6) is 0 Å². The van der Waals surface area contributed by atoms with Crippen molar-refractivity contribution in [2.45, 2.75) is 58.7 Å². The molecule has 0 aliphatic heterocycles. The SMILES string of the molecule is CCCCN(Cc1cc(CN)c(C)o1)C1CC1. The monoisotopic (exact) mass is 236 g/mol. The highest BCUT2D eigenvalue weighted by molar-refractivity contribution is 5.20. The Bertz CT molecular complexity index is 355. The Kier molecular flexibility index (Phi) is 4.24. The Balaban J connectivity index is 1.95. The van der Waals surface area contributed by atoms with E-state index >= 15 is 0 Å².